The molecule has 0 aromatic rings. The van der Waals surface area contributed by atoms with E-state index < -0.39 is 35.0 Å². The van der Waals surface area contributed by atoms with E-state index >= 15 is 0 Å². The molecule has 1 rings (SSSR count). The number of hydrogen-bond donors (Lipinski definition) is 2. The van der Waals surface area contributed by atoms with Gasteiger partial charge in [0.2, 0.25) is 8.40 Å². The highest BCUT2D eigenvalue weighted by Gasteiger charge is 2.56. The Labute approximate surface area is 156 Å². The van der Waals surface area contributed by atoms with Crippen LogP contribution in [0.3, 0.4) is 0 Å². The Morgan fingerprint density at radius 1 is 0.792 bits per heavy atom. The monoisotopic (exact) mass is 400 g/mol. The Hall–Kier alpha value is 0.188. The van der Waals surface area contributed by atoms with Gasteiger partial charge >= 0.3 is 0 Å². The fraction of sp³-hybridized carbons (Fsp3) is 0.750. The van der Waals surface area contributed by atoms with Crippen molar-refractivity contribution in [3.8, 4) is 0 Å². The lowest BCUT2D eigenvalue weighted by Gasteiger charge is -2.61. The van der Waals surface area contributed by atoms with Gasteiger partial charge in [-0.05, 0) is 37.3 Å². The highest BCUT2D eigenvalue weighted by molar-refractivity contribution is 7.03. The summed E-state index contributed by atoms with van der Waals surface area (Å²) in [5, 5.41) is 0. The van der Waals surface area contributed by atoms with E-state index in [9.17, 15) is 0 Å². The molecule has 0 bridgehead atoms. The third-order valence-electron chi connectivity index (χ3n) is 6.31. The lowest BCUT2D eigenvalue weighted by molar-refractivity contribution is 0.498. The van der Waals surface area contributed by atoms with E-state index in [-0.39, 0.29) is 0 Å². The molecule has 1 saturated heterocycles. The van der Waals surface area contributed by atoms with Gasteiger partial charge in [0.1, 0.15) is 0 Å². The van der Waals surface area contributed by atoms with Crippen LogP contribution in [-0.2, 0) is 0 Å². The van der Waals surface area contributed by atoms with Gasteiger partial charge in [0.05, 0.1) is 0 Å². The molecule has 0 aliphatic carbocycles. The van der Waals surface area contributed by atoms with Crippen molar-refractivity contribution in [2.75, 3.05) is 13.1 Å². The second kappa shape index (κ2) is 9.22. The number of nitrogens with zero attached hydrogens (tertiary/aromatic N) is 2. The van der Waals surface area contributed by atoms with Gasteiger partial charge in [0, 0.05) is 0 Å². The summed E-state index contributed by atoms with van der Waals surface area (Å²) in [5.41, 5.74) is 4.46. The van der Waals surface area contributed by atoms with Crippen LogP contribution in [0, 0.1) is 0 Å². The minimum absolute atomic E-state index is 0.527. The Morgan fingerprint density at radius 2 is 1.29 bits per heavy atom. The van der Waals surface area contributed by atoms with E-state index in [1.165, 1.54) is 30.7 Å². The summed E-state index contributed by atoms with van der Waals surface area (Å²) >= 11 is 0. The van der Waals surface area contributed by atoms with Crippen LogP contribution in [0.4, 0.5) is 0 Å². The molecule has 0 atom stereocenters. The molecule has 0 saturated carbocycles. The zero-order chi connectivity index (χ0) is 18.4. The molecule has 140 valence electrons. The molecule has 0 aromatic carbocycles. The van der Waals surface area contributed by atoms with E-state index in [1.54, 1.807) is 0 Å². The Kier molecular flexibility index (Phi) is 8.54. The van der Waals surface area contributed by atoms with Gasteiger partial charge in [-0.2, -0.15) is 0 Å². The molecule has 0 radical (unpaired) electrons. The molecule has 0 unspecified atom stereocenters. The predicted octanol–water partition coefficient (Wildman–Crippen LogP) is 2.68. The van der Waals surface area contributed by atoms with E-state index in [4.69, 9.17) is 0 Å². The van der Waals surface area contributed by atoms with Crippen LogP contribution in [0.25, 0.3) is 0 Å². The smallest absolute Gasteiger partial charge is 0.242 e. The van der Waals surface area contributed by atoms with Crippen molar-refractivity contribution in [2.24, 2.45) is 0 Å². The first kappa shape index (κ1) is 22.2. The molecular weight excluding hydrogens is 361 g/mol. The van der Waals surface area contributed by atoms with Gasteiger partial charge in [-0.1, -0.05) is 52.9 Å². The lowest BCUT2D eigenvalue weighted by atomic mass is 10.8. The molecule has 0 spiro atoms. The average Bonchev–Trinajstić information content (AvgIpc) is 2.63. The maximum absolute atomic E-state index is 4.26. The molecule has 4 nitrogen and oxygen atoms in total. The van der Waals surface area contributed by atoms with Crippen LogP contribution in [0.2, 0.25) is 24.2 Å². The quantitative estimate of drug-likeness (QED) is 0.613. The molecule has 24 heavy (non-hydrogen) atoms. The fourth-order valence-corrected chi connectivity index (χ4v) is 31.5. The van der Waals surface area contributed by atoms with Gasteiger partial charge in [-0.3, -0.25) is 0 Å². The summed E-state index contributed by atoms with van der Waals surface area (Å²) in [6.45, 7) is 25.2. The lowest BCUT2D eigenvalue weighted by Crippen LogP contribution is -2.86. The van der Waals surface area contributed by atoms with Crippen molar-refractivity contribution in [1.82, 2.24) is 17.8 Å². The van der Waals surface area contributed by atoms with Crippen molar-refractivity contribution < 1.29 is 0 Å². The van der Waals surface area contributed by atoms with Crippen molar-refractivity contribution in [3.05, 3.63) is 24.6 Å². The molecule has 2 N–H and O–H groups in total. The first-order valence-electron chi connectivity index (χ1n) is 9.78. The molecule has 1 fully saturated rings. The summed E-state index contributed by atoms with van der Waals surface area (Å²) in [6, 6.07) is 5.16. The van der Waals surface area contributed by atoms with Crippen molar-refractivity contribution >= 4 is 35.0 Å². The van der Waals surface area contributed by atoms with Crippen LogP contribution in [0.5, 0.6) is 0 Å². The molecule has 1 aliphatic rings. The summed E-state index contributed by atoms with van der Waals surface area (Å²) in [6.07, 6.45) is 0. The largest absolute Gasteiger partial charge is 0.341 e. The standard InChI is InChI=1S/C16H40N4Si4/c1-9-19-22(11-3,12-4)17-21-18-23(13-5,14-6)20(10-2)24(19,15-7)16-8/h11-12,17-18H,3-4,9-10,13-16,21H2,1-2,5-8H3. The predicted molar refractivity (Wildman–Crippen MR) is 119 cm³/mol. The highest BCUT2D eigenvalue weighted by atomic mass is 28.5. The Bertz CT molecular complexity index is 416. The first-order valence-corrected chi connectivity index (χ1v) is 18.0. The molecule has 0 aromatic heterocycles. The SMILES string of the molecule is C=C[Si]1(C=C)N[SiH2]N[Si](CC)(CC)N(CC)[Si](CC)(CC)N1CC. The van der Waals surface area contributed by atoms with Gasteiger partial charge < -0.3 is 17.8 Å². The summed E-state index contributed by atoms with van der Waals surface area (Å²) in [4.78, 5) is 0. The number of rotatable bonds is 8. The average molecular weight is 401 g/mol. The molecule has 0 amide bonds. The number of nitrogens with one attached hydrogen (secondary N) is 2. The van der Waals surface area contributed by atoms with Crippen LogP contribution in [0.1, 0.15) is 41.5 Å². The van der Waals surface area contributed by atoms with Crippen LogP contribution in [0.15, 0.2) is 24.6 Å². The first-order chi connectivity index (χ1) is 11.5. The number of hydrogen-bond acceptors (Lipinski definition) is 4. The maximum atomic E-state index is 4.26. The molecular formula is C16H40N4Si4. The summed E-state index contributed by atoms with van der Waals surface area (Å²) in [7, 11) is -5.93. The van der Waals surface area contributed by atoms with Crippen LogP contribution < -0.4 is 9.30 Å². The normalized spacial score (nSPS) is 25.1. The molecule has 1 aliphatic heterocycles. The second-order valence-electron chi connectivity index (χ2n) is 6.68. The highest BCUT2D eigenvalue weighted by Crippen LogP contribution is 2.35. The maximum Gasteiger partial charge on any atom is 0.242 e. The van der Waals surface area contributed by atoms with E-state index in [2.05, 4.69) is 83.9 Å². The summed E-state index contributed by atoms with van der Waals surface area (Å²) < 4.78 is 14.1. The van der Waals surface area contributed by atoms with E-state index in [1.807, 2.05) is 0 Å². The second-order valence-corrected chi connectivity index (χ2v) is 22.2. The minimum Gasteiger partial charge on any atom is -0.341 e. The van der Waals surface area contributed by atoms with Gasteiger partial charge in [-0.25, -0.2) is 0 Å². The van der Waals surface area contributed by atoms with Crippen LogP contribution in [-0.4, -0.2) is 56.6 Å². The third-order valence-corrected chi connectivity index (χ3v) is 28.6. The van der Waals surface area contributed by atoms with Crippen molar-refractivity contribution in [3.63, 3.8) is 0 Å². The molecule has 8 heteroatoms. The van der Waals surface area contributed by atoms with Crippen molar-refractivity contribution in [1.29, 1.82) is 0 Å². The van der Waals surface area contributed by atoms with Crippen LogP contribution >= 0.6 is 0 Å². The van der Waals surface area contributed by atoms with E-state index in [0.717, 1.165) is 6.54 Å². The summed E-state index contributed by atoms with van der Waals surface area (Å²) in [5.74, 6) is 0. The van der Waals surface area contributed by atoms with Gasteiger partial charge in [-0.15, -0.1) is 13.2 Å². The van der Waals surface area contributed by atoms with Gasteiger partial charge in [0.15, 0.2) is 26.6 Å². The topological polar surface area (TPSA) is 30.5 Å². The molecule has 1 heterocycles. The van der Waals surface area contributed by atoms with E-state index in [0.29, 0.717) is 0 Å². The zero-order valence-corrected chi connectivity index (χ0v) is 21.3. The fourth-order valence-electron chi connectivity index (χ4n) is 4.93. The zero-order valence-electron chi connectivity index (χ0n) is 16.9. The third kappa shape index (κ3) is 3.39. The minimum atomic E-state index is -2.01. The van der Waals surface area contributed by atoms with Gasteiger partial charge in [0.25, 0.3) is 0 Å². The Balaban J connectivity index is 3.66. The Morgan fingerprint density at radius 3 is 1.62 bits per heavy atom. The van der Waals surface area contributed by atoms with Crippen molar-refractivity contribution in [2.45, 2.75) is 65.7 Å².